The number of nitrogens with zero attached hydrogens (tertiary/aromatic N) is 2. The average Bonchev–Trinajstić information content (AvgIpc) is 3.17. The summed E-state index contributed by atoms with van der Waals surface area (Å²) >= 11 is 0. The molecule has 1 aromatic heterocycles. The summed E-state index contributed by atoms with van der Waals surface area (Å²) in [6.07, 6.45) is 2.53. The topological polar surface area (TPSA) is 85.4 Å². The Balaban J connectivity index is 1.39. The summed E-state index contributed by atoms with van der Waals surface area (Å²) in [5.74, 6) is -0.662. The number of carbonyl (C=O) groups is 1. The maximum absolute atomic E-state index is 13.6. The van der Waals surface area contributed by atoms with Crippen LogP contribution in [0.4, 0.5) is 20.4 Å². The molecule has 0 saturated heterocycles. The van der Waals surface area contributed by atoms with E-state index in [1.54, 1.807) is 12.1 Å². The first kappa shape index (κ1) is 17.7. The number of para-hydroxylation sites is 1. The number of ether oxygens (including phenoxy) is 2. The molecule has 2 aromatic carbocycles. The molecule has 0 atom stereocenters. The van der Waals surface area contributed by atoms with E-state index in [9.17, 15) is 13.6 Å². The number of fused-ring (bicyclic) bond motifs is 1. The number of carbonyl (C=O) groups excluding carboxylic acids is 1. The lowest BCUT2D eigenvalue weighted by Gasteiger charge is -2.08. The Kier molecular flexibility index (Phi) is 4.71. The highest BCUT2D eigenvalue weighted by Gasteiger charge is 2.14. The van der Waals surface area contributed by atoms with Crippen LogP contribution >= 0.6 is 0 Å². The lowest BCUT2D eigenvalue weighted by molar-refractivity contribution is 0.0950. The predicted octanol–water partition coefficient (Wildman–Crippen LogP) is 3.16. The Morgan fingerprint density at radius 3 is 2.50 bits per heavy atom. The smallest absolute Gasteiger partial charge is 0.254 e. The lowest BCUT2D eigenvalue weighted by Crippen LogP contribution is -2.23. The zero-order valence-electron chi connectivity index (χ0n) is 14.4. The Bertz CT molecular complexity index is 1010. The molecule has 0 fully saturated rings. The van der Waals surface area contributed by atoms with Gasteiger partial charge < -0.3 is 20.1 Å². The van der Waals surface area contributed by atoms with Crippen LogP contribution in [0.25, 0.3) is 0 Å². The van der Waals surface area contributed by atoms with Gasteiger partial charge in [-0.1, -0.05) is 12.1 Å². The summed E-state index contributed by atoms with van der Waals surface area (Å²) in [7, 11) is 0. The number of hydrogen-bond donors (Lipinski definition) is 2. The van der Waals surface area contributed by atoms with Crippen molar-refractivity contribution in [3.05, 3.63) is 71.6 Å². The zero-order valence-corrected chi connectivity index (χ0v) is 14.4. The van der Waals surface area contributed by atoms with Crippen molar-refractivity contribution in [2.24, 2.45) is 0 Å². The van der Waals surface area contributed by atoms with E-state index in [0.717, 1.165) is 17.7 Å². The molecule has 4 rings (SSSR count). The molecule has 0 saturated carbocycles. The lowest BCUT2D eigenvalue weighted by atomic mass is 10.2. The van der Waals surface area contributed by atoms with E-state index in [1.807, 2.05) is 6.07 Å². The number of anilines is 2. The van der Waals surface area contributed by atoms with Crippen LogP contribution in [-0.2, 0) is 6.54 Å². The fraction of sp³-hybridized carbons (Fsp3) is 0.105. The third kappa shape index (κ3) is 3.68. The molecule has 7 nitrogen and oxygen atoms in total. The highest BCUT2D eigenvalue weighted by Crippen LogP contribution is 2.32. The van der Waals surface area contributed by atoms with Gasteiger partial charge in [0.25, 0.3) is 5.91 Å². The minimum Gasteiger partial charge on any atom is -0.454 e. The average molecular weight is 384 g/mol. The van der Waals surface area contributed by atoms with Gasteiger partial charge in [-0.05, 0) is 29.8 Å². The molecule has 2 heterocycles. The summed E-state index contributed by atoms with van der Waals surface area (Å²) in [5, 5.41) is 5.20. The van der Waals surface area contributed by atoms with Crippen LogP contribution < -0.4 is 20.1 Å². The van der Waals surface area contributed by atoms with Gasteiger partial charge in [-0.25, -0.2) is 18.7 Å². The molecule has 0 spiro atoms. The Morgan fingerprint density at radius 2 is 1.75 bits per heavy atom. The first-order chi connectivity index (χ1) is 13.6. The van der Waals surface area contributed by atoms with Crippen LogP contribution in [0.2, 0.25) is 0 Å². The molecule has 1 aliphatic rings. The number of hydrogen-bond acceptors (Lipinski definition) is 6. The Morgan fingerprint density at radius 1 is 1.04 bits per heavy atom. The van der Waals surface area contributed by atoms with Gasteiger partial charge in [-0.2, -0.15) is 0 Å². The van der Waals surface area contributed by atoms with E-state index >= 15 is 0 Å². The quantitative estimate of drug-likeness (QED) is 0.703. The maximum Gasteiger partial charge on any atom is 0.254 e. The highest BCUT2D eigenvalue weighted by molar-refractivity contribution is 5.93. The van der Waals surface area contributed by atoms with Crippen LogP contribution in [0.5, 0.6) is 11.5 Å². The van der Waals surface area contributed by atoms with Gasteiger partial charge in [0.2, 0.25) is 12.7 Å². The van der Waals surface area contributed by atoms with Gasteiger partial charge >= 0.3 is 0 Å². The highest BCUT2D eigenvalue weighted by atomic mass is 19.1. The van der Waals surface area contributed by atoms with Crippen molar-refractivity contribution in [3.63, 3.8) is 0 Å². The summed E-state index contributed by atoms with van der Waals surface area (Å²) in [6.45, 7) is 0.454. The number of halogens is 2. The largest absolute Gasteiger partial charge is 0.454 e. The van der Waals surface area contributed by atoms with Crippen LogP contribution in [0.3, 0.4) is 0 Å². The Hall–Kier alpha value is -3.75. The SMILES string of the molecule is O=C(NCc1ccc2c(c1)OCO2)c1cnc(Nc2c(F)cccc2F)nc1. The molecule has 28 heavy (non-hydrogen) atoms. The minimum atomic E-state index is -0.769. The normalized spacial score (nSPS) is 11.9. The van der Waals surface area contributed by atoms with Gasteiger partial charge in [-0.15, -0.1) is 0 Å². The van der Waals surface area contributed by atoms with Crippen molar-refractivity contribution in [1.29, 1.82) is 0 Å². The maximum atomic E-state index is 13.6. The number of nitrogens with one attached hydrogen (secondary N) is 2. The van der Waals surface area contributed by atoms with Crippen molar-refractivity contribution in [2.75, 3.05) is 12.1 Å². The molecule has 9 heteroatoms. The predicted molar refractivity (Wildman–Crippen MR) is 95.4 cm³/mol. The molecule has 1 aliphatic heterocycles. The molecule has 0 bridgehead atoms. The van der Waals surface area contributed by atoms with Gasteiger partial charge in [0.05, 0.1) is 5.56 Å². The molecular weight excluding hydrogens is 370 g/mol. The van der Waals surface area contributed by atoms with E-state index in [2.05, 4.69) is 20.6 Å². The molecule has 0 radical (unpaired) electrons. The molecule has 0 aliphatic carbocycles. The first-order valence-electron chi connectivity index (χ1n) is 8.30. The molecule has 142 valence electrons. The third-order valence-electron chi connectivity index (χ3n) is 4.00. The summed E-state index contributed by atoms with van der Waals surface area (Å²) in [5.41, 5.74) is 0.689. The van der Waals surface area contributed by atoms with Crippen molar-refractivity contribution < 1.29 is 23.0 Å². The van der Waals surface area contributed by atoms with E-state index < -0.39 is 11.6 Å². The van der Waals surface area contributed by atoms with Crippen LogP contribution in [0, 0.1) is 11.6 Å². The number of benzene rings is 2. The number of aromatic nitrogens is 2. The van der Waals surface area contributed by atoms with Crippen molar-refractivity contribution in [3.8, 4) is 11.5 Å². The monoisotopic (exact) mass is 384 g/mol. The van der Waals surface area contributed by atoms with Crippen molar-refractivity contribution in [1.82, 2.24) is 15.3 Å². The van der Waals surface area contributed by atoms with Crippen LogP contribution in [-0.4, -0.2) is 22.7 Å². The fourth-order valence-electron chi connectivity index (χ4n) is 2.57. The van der Waals surface area contributed by atoms with E-state index in [1.165, 1.54) is 18.5 Å². The molecule has 3 aromatic rings. The first-order valence-corrected chi connectivity index (χ1v) is 8.30. The minimum absolute atomic E-state index is 0.0312. The van der Waals surface area contributed by atoms with E-state index in [4.69, 9.17) is 9.47 Å². The van der Waals surface area contributed by atoms with Crippen molar-refractivity contribution >= 4 is 17.5 Å². The van der Waals surface area contributed by atoms with E-state index in [0.29, 0.717) is 11.5 Å². The van der Waals surface area contributed by atoms with Crippen LogP contribution in [0.1, 0.15) is 15.9 Å². The van der Waals surface area contributed by atoms with Gasteiger partial charge in [-0.3, -0.25) is 4.79 Å². The molecule has 0 unspecified atom stereocenters. The second kappa shape index (κ2) is 7.47. The third-order valence-corrected chi connectivity index (χ3v) is 4.00. The van der Waals surface area contributed by atoms with Gasteiger partial charge in [0.1, 0.15) is 17.3 Å². The summed E-state index contributed by atoms with van der Waals surface area (Å²) in [4.78, 5) is 20.1. The zero-order chi connectivity index (χ0) is 19.5. The number of rotatable bonds is 5. The summed E-state index contributed by atoms with van der Waals surface area (Å²) < 4.78 is 37.8. The van der Waals surface area contributed by atoms with Gasteiger partial charge in [0, 0.05) is 18.9 Å². The second-order valence-electron chi connectivity index (χ2n) is 5.89. The fourth-order valence-corrected chi connectivity index (χ4v) is 2.57. The van der Waals surface area contributed by atoms with E-state index in [-0.39, 0.29) is 36.4 Å². The van der Waals surface area contributed by atoms with Crippen molar-refractivity contribution in [2.45, 2.75) is 6.54 Å². The molecule has 2 N–H and O–H groups in total. The summed E-state index contributed by atoms with van der Waals surface area (Å²) in [6, 6.07) is 8.86. The van der Waals surface area contributed by atoms with Gasteiger partial charge in [0.15, 0.2) is 11.5 Å². The van der Waals surface area contributed by atoms with Crippen LogP contribution in [0.15, 0.2) is 48.8 Å². The molecular formula is C19H14F2N4O3. The number of amides is 1. The Labute approximate surface area is 158 Å². The molecule has 1 amide bonds. The standard InChI is InChI=1S/C19H14F2N4O3/c20-13-2-1-3-14(21)17(13)25-19-23-8-12(9-24-19)18(26)22-7-11-4-5-15-16(6-11)28-10-27-15/h1-6,8-9H,7,10H2,(H,22,26)(H,23,24,25). The second-order valence-corrected chi connectivity index (χ2v) is 5.89.